The second-order valence-corrected chi connectivity index (χ2v) is 5.76. The molecule has 0 unspecified atom stereocenters. The predicted octanol–water partition coefficient (Wildman–Crippen LogP) is 3.58. The largest absolute Gasteiger partial charge is 0.465 e. The van der Waals surface area contributed by atoms with Gasteiger partial charge in [-0.2, -0.15) is 0 Å². The normalized spacial score (nSPS) is 10.8. The standard InChI is InChI=1S/C13H16BrNO4/c1-13(2,3)19-12(17)15-10-6-8(11(16)18-4)5-9(14)7-10/h5-7H,1-4H3,(H,15,17). The van der Waals surface area contributed by atoms with E-state index in [0.717, 1.165) is 0 Å². The summed E-state index contributed by atoms with van der Waals surface area (Å²) in [5, 5.41) is 2.56. The van der Waals surface area contributed by atoms with Gasteiger partial charge in [-0.15, -0.1) is 0 Å². The van der Waals surface area contributed by atoms with Gasteiger partial charge in [0.1, 0.15) is 5.60 Å². The minimum atomic E-state index is -0.582. The fraction of sp³-hybridized carbons (Fsp3) is 0.385. The summed E-state index contributed by atoms with van der Waals surface area (Å²) < 4.78 is 10.4. The van der Waals surface area contributed by atoms with Gasteiger partial charge in [0.25, 0.3) is 0 Å². The highest BCUT2D eigenvalue weighted by Crippen LogP contribution is 2.21. The van der Waals surface area contributed by atoms with Crippen LogP contribution in [0.5, 0.6) is 0 Å². The van der Waals surface area contributed by atoms with Crippen molar-refractivity contribution in [1.29, 1.82) is 0 Å². The van der Waals surface area contributed by atoms with E-state index in [-0.39, 0.29) is 0 Å². The molecule has 0 radical (unpaired) electrons. The molecule has 0 aromatic heterocycles. The Balaban J connectivity index is 2.87. The number of methoxy groups -OCH3 is 1. The molecule has 0 aliphatic rings. The highest BCUT2D eigenvalue weighted by molar-refractivity contribution is 9.10. The number of nitrogens with one attached hydrogen (secondary N) is 1. The first-order chi connectivity index (χ1) is 8.71. The third-order valence-corrected chi connectivity index (χ3v) is 2.42. The molecule has 0 saturated heterocycles. The first-order valence-corrected chi connectivity index (χ1v) is 6.39. The van der Waals surface area contributed by atoms with Crippen molar-refractivity contribution in [2.45, 2.75) is 26.4 Å². The van der Waals surface area contributed by atoms with E-state index in [2.05, 4.69) is 26.0 Å². The summed E-state index contributed by atoms with van der Waals surface area (Å²) in [7, 11) is 1.30. The molecule has 104 valence electrons. The Kier molecular flexibility index (Phi) is 4.94. The van der Waals surface area contributed by atoms with Crippen LogP contribution in [0.1, 0.15) is 31.1 Å². The van der Waals surface area contributed by atoms with Crippen LogP contribution >= 0.6 is 15.9 Å². The SMILES string of the molecule is COC(=O)c1cc(Br)cc(NC(=O)OC(C)(C)C)c1. The van der Waals surface area contributed by atoms with Crippen LogP contribution in [-0.2, 0) is 9.47 Å². The van der Waals surface area contributed by atoms with E-state index in [1.165, 1.54) is 13.2 Å². The smallest absolute Gasteiger partial charge is 0.412 e. The molecule has 0 aliphatic carbocycles. The van der Waals surface area contributed by atoms with Crippen molar-refractivity contribution in [3.8, 4) is 0 Å². The number of benzene rings is 1. The highest BCUT2D eigenvalue weighted by atomic mass is 79.9. The Morgan fingerprint density at radius 1 is 1.21 bits per heavy atom. The van der Waals surface area contributed by atoms with Crippen LogP contribution in [0.15, 0.2) is 22.7 Å². The van der Waals surface area contributed by atoms with Crippen molar-refractivity contribution in [3.63, 3.8) is 0 Å². The van der Waals surface area contributed by atoms with Crippen LogP contribution in [-0.4, -0.2) is 24.8 Å². The molecule has 1 amide bonds. The van der Waals surface area contributed by atoms with E-state index in [9.17, 15) is 9.59 Å². The van der Waals surface area contributed by atoms with Crippen molar-refractivity contribution in [1.82, 2.24) is 0 Å². The van der Waals surface area contributed by atoms with Gasteiger partial charge in [-0.25, -0.2) is 9.59 Å². The Morgan fingerprint density at radius 2 is 1.84 bits per heavy atom. The molecule has 1 rings (SSSR count). The minimum Gasteiger partial charge on any atom is -0.465 e. The van der Waals surface area contributed by atoms with Gasteiger partial charge < -0.3 is 9.47 Å². The molecular weight excluding hydrogens is 314 g/mol. The third kappa shape index (κ3) is 5.30. The summed E-state index contributed by atoms with van der Waals surface area (Å²) in [5.74, 6) is -0.478. The summed E-state index contributed by atoms with van der Waals surface area (Å²) in [6, 6.07) is 4.78. The van der Waals surface area contributed by atoms with E-state index in [1.54, 1.807) is 32.9 Å². The van der Waals surface area contributed by atoms with Gasteiger partial charge >= 0.3 is 12.1 Å². The van der Waals surface area contributed by atoms with Gasteiger partial charge in [-0.1, -0.05) is 15.9 Å². The first kappa shape index (κ1) is 15.5. The van der Waals surface area contributed by atoms with Crippen molar-refractivity contribution >= 4 is 33.7 Å². The van der Waals surface area contributed by atoms with E-state index in [0.29, 0.717) is 15.7 Å². The monoisotopic (exact) mass is 329 g/mol. The first-order valence-electron chi connectivity index (χ1n) is 5.60. The quantitative estimate of drug-likeness (QED) is 0.842. The predicted molar refractivity (Wildman–Crippen MR) is 75.3 cm³/mol. The summed E-state index contributed by atoms with van der Waals surface area (Å²) in [4.78, 5) is 23.1. The minimum absolute atomic E-state index is 0.336. The molecule has 6 heteroatoms. The number of halogens is 1. The summed E-state index contributed by atoms with van der Waals surface area (Å²) in [6.07, 6.45) is -0.582. The molecular formula is C13H16BrNO4. The van der Waals surface area contributed by atoms with Crippen LogP contribution in [0.4, 0.5) is 10.5 Å². The van der Waals surface area contributed by atoms with Crippen LogP contribution in [0.3, 0.4) is 0 Å². The topological polar surface area (TPSA) is 64.6 Å². The Morgan fingerprint density at radius 3 is 2.37 bits per heavy atom. The molecule has 5 nitrogen and oxygen atoms in total. The fourth-order valence-corrected chi connectivity index (χ4v) is 1.81. The van der Waals surface area contributed by atoms with Crippen LogP contribution in [0.2, 0.25) is 0 Å². The molecule has 0 aliphatic heterocycles. The maximum absolute atomic E-state index is 11.6. The molecule has 1 aromatic rings. The Hall–Kier alpha value is -1.56. The van der Waals surface area contributed by atoms with Gasteiger partial charge in [0.2, 0.25) is 0 Å². The maximum atomic E-state index is 11.6. The van der Waals surface area contributed by atoms with Crippen molar-refractivity contribution in [2.24, 2.45) is 0 Å². The molecule has 0 fully saturated rings. The number of hydrogen-bond donors (Lipinski definition) is 1. The Bertz CT molecular complexity index is 494. The number of anilines is 1. The van der Waals surface area contributed by atoms with Gasteiger partial charge in [-0.3, -0.25) is 5.32 Å². The van der Waals surface area contributed by atoms with Gasteiger partial charge in [-0.05, 0) is 39.0 Å². The number of hydrogen-bond acceptors (Lipinski definition) is 4. The molecule has 0 spiro atoms. The summed E-state index contributed by atoms with van der Waals surface area (Å²) in [6.45, 7) is 5.31. The Labute approximate surface area is 120 Å². The third-order valence-electron chi connectivity index (χ3n) is 1.96. The lowest BCUT2D eigenvalue weighted by atomic mass is 10.2. The van der Waals surface area contributed by atoms with Gasteiger partial charge in [0.15, 0.2) is 0 Å². The van der Waals surface area contributed by atoms with Crippen LogP contribution < -0.4 is 5.32 Å². The zero-order chi connectivity index (χ0) is 14.6. The molecule has 1 N–H and O–H groups in total. The van der Waals surface area contributed by atoms with Crippen LogP contribution in [0, 0.1) is 0 Å². The van der Waals surface area contributed by atoms with E-state index < -0.39 is 17.7 Å². The molecule has 0 atom stereocenters. The molecule has 1 aromatic carbocycles. The number of esters is 1. The van der Waals surface area contributed by atoms with Gasteiger partial charge in [0.05, 0.1) is 12.7 Å². The number of amides is 1. The maximum Gasteiger partial charge on any atom is 0.412 e. The van der Waals surface area contributed by atoms with E-state index in [1.807, 2.05) is 0 Å². The molecule has 0 saturated carbocycles. The number of rotatable bonds is 2. The number of carbonyl (C=O) groups excluding carboxylic acids is 2. The van der Waals surface area contributed by atoms with Crippen LogP contribution in [0.25, 0.3) is 0 Å². The second-order valence-electron chi connectivity index (χ2n) is 4.85. The lowest BCUT2D eigenvalue weighted by Crippen LogP contribution is -2.27. The second kappa shape index (κ2) is 6.06. The summed E-state index contributed by atoms with van der Waals surface area (Å²) in [5.41, 5.74) is 0.202. The molecule has 0 heterocycles. The molecule has 19 heavy (non-hydrogen) atoms. The van der Waals surface area contributed by atoms with E-state index >= 15 is 0 Å². The average Bonchev–Trinajstić information content (AvgIpc) is 2.24. The summed E-state index contributed by atoms with van der Waals surface area (Å²) >= 11 is 3.26. The zero-order valence-electron chi connectivity index (χ0n) is 11.2. The van der Waals surface area contributed by atoms with Crippen molar-refractivity contribution in [2.75, 3.05) is 12.4 Å². The lowest BCUT2D eigenvalue weighted by Gasteiger charge is -2.19. The van der Waals surface area contributed by atoms with E-state index in [4.69, 9.17) is 4.74 Å². The molecule has 0 bridgehead atoms. The van der Waals surface area contributed by atoms with Crippen molar-refractivity contribution in [3.05, 3.63) is 28.2 Å². The average molecular weight is 330 g/mol. The zero-order valence-corrected chi connectivity index (χ0v) is 12.8. The van der Waals surface area contributed by atoms with Gasteiger partial charge in [0, 0.05) is 10.2 Å². The lowest BCUT2D eigenvalue weighted by molar-refractivity contribution is 0.0596. The highest BCUT2D eigenvalue weighted by Gasteiger charge is 2.17. The van der Waals surface area contributed by atoms with Crippen molar-refractivity contribution < 1.29 is 19.1 Å². The number of ether oxygens (including phenoxy) is 2. The number of carbonyl (C=O) groups is 2. The fourth-order valence-electron chi connectivity index (χ4n) is 1.32.